The quantitative estimate of drug-likeness (QED) is 0.918. The Bertz CT molecular complexity index is 825. The first-order chi connectivity index (χ1) is 11.8. The third kappa shape index (κ3) is 2.92. The number of nitrogens with zero attached hydrogens (tertiary/aromatic N) is 3. The van der Waals surface area contributed by atoms with Crippen molar-refractivity contribution in [2.45, 2.75) is 25.2 Å². The second kappa shape index (κ2) is 5.62. The smallest absolute Gasteiger partial charge is 0.406 e. The Hall–Kier alpha value is -2.29. The molecule has 4 heterocycles. The minimum Gasteiger partial charge on any atom is -0.406 e. The molecule has 1 amide bonds. The van der Waals surface area contributed by atoms with Crippen molar-refractivity contribution >= 4 is 16.8 Å². The van der Waals surface area contributed by atoms with Crippen molar-refractivity contribution in [2.75, 3.05) is 19.6 Å². The van der Waals surface area contributed by atoms with Crippen LogP contribution in [0.3, 0.4) is 0 Å². The number of benzene rings is 1. The van der Waals surface area contributed by atoms with Crippen molar-refractivity contribution in [3.05, 3.63) is 23.9 Å². The zero-order chi connectivity index (χ0) is 17.8. The Labute approximate surface area is 141 Å². The van der Waals surface area contributed by atoms with E-state index in [-0.39, 0.29) is 17.5 Å². The van der Waals surface area contributed by atoms with Crippen LogP contribution in [0.4, 0.5) is 13.2 Å². The number of primary amides is 1. The van der Waals surface area contributed by atoms with Crippen LogP contribution in [0.5, 0.6) is 5.75 Å². The van der Waals surface area contributed by atoms with E-state index in [0.717, 1.165) is 32.5 Å². The molecule has 134 valence electrons. The first kappa shape index (κ1) is 16.2. The molecule has 3 aliphatic rings. The molecule has 2 aromatic rings. The van der Waals surface area contributed by atoms with Crippen molar-refractivity contribution in [1.29, 1.82) is 0 Å². The van der Waals surface area contributed by atoms with Crippen molar-refractivity contribution in [3.63, 3.8) is 0 Å². The van der Waals surface area contributed by atoms with Crippen molar-refractivity contribution in [2.24, 2.45) is 11.7 Å². The predicted molar refractivity (Wildman–Crippen MR) is 83.1 cm³/mol. The average molecular weight is 354 g/mol. The zero-order valence-corrected chi connectivity index (χ0v) is 13.3. The number of carbonyl (C=O) groups excluding carboxylic acids is 1. The molecule has 3 aliphatic heterocycles. The van der Waals surface area contributed by atoms with Gasteiger partial charge in [0, 0.05) is 18.0 Å². The summed E-state index contributed by atoms with van der Waals surface area (Å²) in [5.41, 5.74) is 5.92. The summed E-state index contributed by atoms with van der Waals surface area (Å²) in [6.07, 6.45) is -2.76. The Morgan fingerprint density at radius 3 is 2.56 bits per heavy atom. The van der Waals surface area contributed by atoms with Crippen LogP contribution in [-0.4, -0.2) is 46.6 Å². The number of fused-ring (bicyclic) bond motifs is 4. The maximum atomic E-state index is 12.5. The maximum Gasteiger partial charge on any atom is 0.573 e. The first-order valence-electron chi connectivity index (χ1n) is 8.12. The summed E-state index contributed by atoms with van der Waals surface area (Å²) < 4.78 is 43.3. The van der Waals surface area contributed by atoms with Gasteiger partial charge in [0.05, 0.1) is 11.6 Å². The molecule has 9 heteroatoms. The minimum absolute atomic E-state index is 0.0132. The number of amides is 1. The number of aromatic nitrogens is 2. The highest BCUT2D eigenvalue weighted by Gasteiger charge is 2.37. The van der Waals surface area contributed by atoms with Crippen LogP contribution in [0.1, 0.15) is 29.4 Å². The fraction of sp³-hybridized carbons (Fsp3) is 0.500. The van der Waals surface area contributed by atoms with Crippen LogP contribution in [0.2, 0.25) is 0 Å². The van der Waals surface area contributed by atoms with E-state index in [2.05, 4.69) is 14.7 Å². The number of piperidine rings is 3. The first-order valence-corrected chi connectivity index (χ1v) is 8.12. The second-order valence-corrected chi connectivity index (χ2v) is 6.59. The number of hydrogen-bond donors (Lipinski definition) is 1. The Kier molecular flexibility index (Phi) is 3.64. The Morgan fingerprint density at radius 2 is 2.00 bits per heavy atom. The molecule has 1 aromatic carbocycles. The topological polar surface area (TPSA) is 73.4 Å². The molecule has 0 saturated carbocycles. The molecule has 3 saturated heterocycles. The molecular weight excluding hydrogens is 337 g/mol. The molecular formula is C16H17F3N4O2. The number of alkyl halides is 3. The van der Waals surface area contributed by atoms with Gasteiger partial charge in [0.25, 0.3) is 5.91 Å². The molecule has 0 unspecified atom stereocenters. The second-order valence-electron chi connectivity index (χ2n) is 6.59. The standard InChI is InChI=1S/C16H17F3N4O2/c17-16(18,19)25-10-1-2-11-12(7-10)23(21-14(11)15(20)24)13-8-22-5-3-9(13)4-6-22/h1-2,7,9,13H,3-6,8H2,(H2,20,24)/t13-/m0/s1. The fourth-order valence-corrected chi connectivity index (χ4v) is 3.96. The third-order valence-electron chi connectivity index (χ3n) is 5.08. The molecule has 0 aliphatic carbocycles. The normalized spacial score (nSPS) is 26.1. The number of nitrogens with two attached hydrogens (primary N) is 1. The largest absolute Gasteiger partial charge is 0.573 e. The molecule has 1 aromatic heterocycles. The SMILES string of the molecule is NC(=O)c1nn([C@H]2CN3CCC2CC3)c2cc(OC(F)(F)F)ccc12. The lowest BCUT2D eigenvalue weighted by atomic mass is 9.84. The predicted octanol–water partition coefficient (Wildman–Crippen LogP) is 2.30. The van der Waals surface area contributed by atoms with E-state index in [4.69, 9.17) is 5.73 Å². The molecule has 6 nitrogen and oxygen atoms in total. The lowest BCUT2D eigenvalue weighted by molar-refractivity contribution is -0.274. The van der Waals surface area contributed by atoms with E-state index in [9.17, 15) is 18.0 Å². The lowest BCUT2D eigenvalue weighted by Crippen LogP contribution is -2.48. The molecule has 5 rings (SSSR count). The van der Waals surface area contributed by atoms with Gasteiger partial charge in [-0.15, -0.1) is 13.2 Å². The highest BCUT2D eigenvalue weighted by molar-refractivity contribution is 6.04. The summed E-state index contributed by atoms with van der Waals surface area (Å²) in [7, 11) is 0. The summed E-state index contributed by atoms with van der Waals surface area (Å²) in [4.78, 5) is 14.0. The maximum absolute atomic E-state index is 12.5. The fourth-order valence-electron chi connectivity index (χ4n) is 3.96. The van der Waals surface area contributed by atoms with Crippen LogP contribution in [0.15, 0.2) is 18.2 Å². The van der Waals surface area contributed by atoms with Crippen LogP contribution in [0, 0.1) is 5.92 Å². The number of ether oxygens (including phenoxy) is 1. The summed E-state index contributed by atoms with van der Waals surface area (Å²) in [6.45, 7) is 2.81. The van der Waals surface area contributed by atoms with Gasteiger partial charge in [-0.1, -0.05) is 0 Å². The monoisotopic (exact) mass is 354 g/mol. The number of rotatable bonds is 3. The summed E-state index contributed by atoms with van der Waals surface area (Å²) >= 11 is 0. The number of carbonyl (C=O) groups is 1. The van der Waals surface area contributed by atoms with Crippen molar-refractivity contribution in [1.82, 2.24) is 14.7 Å². The highest BCUT2D eigenvalue weighted by atomic mass is 19.4. The van der Waals surface area contributed by atoms with Gasteiger partial charge in [-0.25, -0.2) is 0 Å². The van der Waals surface area contributed by atoms with E-state index < -0.39 is 12.3 Å². The molecule has 2 N–H and O–H groups in total. The molecule has 2 bridgehead atoms. The van der Waals surface area contributed by atoms with Gasteiger partial charge < -0.3 is 15.4 Å². The van der Waals surface area contributed by atoms with Gasteiger partial charge in [-0.3, -0.25) is 9.48 Å². The van der Waals surface area contributed by atoms with Gasteiger partial charge in [-0.05, 0) is 44.0 Å². The van der Waals surface area contributed by atoms with Crippen molar-refractivity contribution < 1.29 is 22.7 Å². The summed E-state index contributed by atoms with van der Waals surface area (Å²) in [5.74, 6) is -0.644. The van der Waals surface area contributed by atoms with Gasteiger partial charge in [-0.2, -0.15) is 5.10 Å². The number of hydrogen-bond acceptors (Lipinski definition) is 4. The zero-order valence-electron chi connectivity index (χ0n) is 13.3. The highest BCUT2D eigenvalue weighted by Crippen LogP contribution is 2.38. The lowest BCUT2D eigenvalue weighted by Gasteiger charge is -2.44. The molecule has 0 radical (unpaired) electrons. The van der Waals surface area contributed by atoms with Gasteiger partial charge in [0.1, 0.15) is 5.75 Å². The van der Waals surface area contributed by atoms with E-state index in [1.54, 1.807) is 4.68 Å². The van der Waals surface area contributed by atoms with Gasteiger partial charge in [0.15, 0.2) is 5.69 Å². The van der Waals surface area contributed by atoms with Gasteiger partial charge >= 0.3 is 6.36 Å². The summed E-state index contributed by atoms with van der Waals surface area (Å²) in [6, 6.07) is 3.87. The van der Waals surface area contributed by atoms with E-state index >= 15 is 0 Å². The van der Waals surface area contributed by atoms with Crippen LogP contribution in [0.25, 0.3) is 10.9 Å². The van der Waals surface area contributed by atoms with Crippen molar-refractivity contribution in [3.8, 4) is 5.75 Å². The van der Waals surface area contributed by atoms with E-state index in [0.29, 0.717) is 16.8 Å². The van der Waals surface area contributed by atoms with E-state index in [1.165, 1.54) is 18.2 Å². The minimum atomic E-state index is -4.78. The Balaban J connectivity index is 1.81. The van der Waals surface area contributed by atoms with Gasteiger partial charge in [0.2, 0.25) is 0 Å². The van der Waals surface area contributed by atoms with Crippen LogP contribution < -0.4 is 10.5 Å². The molecule has 0 spiro atoms. The third-order valence-corrected chi connectivity index (χ3v) is 5.08. The number of halogens is 3. The van der Waals surface area contributed by atoms with Crippen LogP contribution in [-0.2, 0) is 0 Å². The molecule has 25 heavy (non-hydrogen) atoms. The molecule has 1 atom stereocenters. The summed E-state index contributed by atoms with van der Waals surface area (Å²) in [5, 5.41) is 4.79. The Morgan fingerprint density at radius 1 is 1.28 bits per heavy atom. The van der Waals surface area contributed by atoms with Crippen LogP contribution >= 0.6 is 0 Å². The molecule has 3 fully saturated rings. The van der Waals surface area contributed by atoms with E-state index in [1.807, 2.05) is 0 Å². The average Bonchev–Trinajstić information content (AvgIpc) is 2.93.